The molecule has 0 aliphatic rings. The number of benzene rings is 9. The van der Waals surface area contributed by atoms with Gasteiger partial charge in [-0.05, 0) is 133 Å². The molecule has 0 radical (unpaired) electrons. The van der Waals surface area contributed by atoms with E-state index in [2.05, 4.69) is 241 Å². The summed E-state index contributed by atoms with van der Waals surface area (Å²) in [5, 5.41) is 4.83. The van der Waals surface area contributed by atoms with Crippen LogP contribution in [0.15, 0.2) is 212 Å². The molecule has 1 heterocycles. The lowest BCUT2D eigenvalue weighted by Crippen LogP contribution is -2.10. The van der Waals surface area contributed by atoms with Gasteiger partial charge in [-0.15, -0.1) is 0 Å². The molecule has 3 heteroatoms. The first-order chi connectivity index (χ1) is 28.1. The number of hydrogen-bond acceptors (Lipinski definition) is 2. The fourth-order valence-corrected chi connectivity index (χ4v) is 8.18. The minimum absolute atomic E-state index is 1.10. The standard InChI is InChI=1S/C54H41N3/c1-38-21-26-46(27-22-38)55(44-16-8-4-9-17-44)49-30-25-42-35-52-51-32-31-50(56(45-18-10-5-11-19-45)47-28-23-39(2)24-29-47)37-54(51)57(53(52)36-43(42)34-49)48-20-12-15-41(33-48)40-13-6-3-7-14-40/h3-37H,1-2H3. The third kappa shape index (κ3) is 6.39. The maximum atomic E-state index is 2.46. The van der Waals surface area contributed by atoms with E-state index in [-0.39, 0.29) is 0 Å². The number of hydrogen-bond donors (Lipinski definition) is 0. The van der Waals surface area contributed by atoms with Crippen molar-refractivity contribution < 1.29 is 0 Å². The van der Waals surface area contributed by atoms with Crippen LogP contribution in [0.25, 0.3) is 49.4 Å². The van der Waals surface area contributed by atoms with Gasteiger partial charge in [0.2, 0.25) is 0 Å². The number of rotatable bonds is 8. The lowest BCUT2D eigenvalue weighted by atomic mass is 10.0. The Balaban J connectivity index is 1.22. The summed E-state index contributed by atoms with van der Waals surface area (Å²) in [7, 11) is 0. The number of para-hydroxylation sites is 2. The van der Waals surface area contributed by atoms with Gasteiger partial charge >= 0.3 is 0 Å². The van der Waals surface area contributed by atoms with Gasteiger partial charge < -0.3 is 14.4 Å². The summed E-state index contributed by atoms with van der Waals surface area (Å²) in [6.07, 6.45) is 0. The van der Waals surface area contributed by atoms with Gasteiger partial charge in [0.25, 0.3) is 0 Å². The fraction of sp³-hybridized carbons (Fsp3) is 0.0370. The molecule has 0 unspecified atom stereocenters. The molecule has 0 spiro atoms. The smallest absolute Gasteiger partial charge is 0.0561 e. The maximum absolute atomic E-state index is 2.46. The van der Waals surface area contributed by atoms with E-state index in [0.29, 0.717) is 0 Å². The Morgan fingerprint density at radius 3 is 1.42 bits per heavy atom. The fourth-order valence-electron chi connectivity index (χ4n) is 8.18. The van der Waals surface area contributed by atoms with Crippen molar-refractivity contribution in [2.24, 2.45) is 0 Å². The first kappa shape index (κ1) is 34.2. The van der Waals surface area contributed by atoms with Crippen molar-refractivity contribution in [3.8, 4) is 16.8 Å². The van der Waals surface area contributed by atoms with Crippen molar-refractivity contribution in [1.29, 1.82) is 0 Å². The van der Waals surface area contributed by atoms with Crippen molar-refractivity contribution in [1.82, 2.24) is 4.57 Å². The zero-order valence-corrected chi connectivity index (χ0v) is 32.0. The molecule has 57 heavy (non-hydrogen) atoms. The van der Waals surface area contributed by atoms with Crippen LogP contribution in [0.2, 0.25) is 0 Å². The van der Waals surface area contributed by atoms with E-state index in [0.717, 1.165) is 45.3 Å². The Kier molecular flexibility index (Phi) is 8.61. The second-order valence-corrected chi connectivity index (χ2v) is 14.9. The van der Waals surface area contributed by atoms with Crippen molar-refractivity contribution in [3.63, 3.8) is 0 Å². The van der Waals surface area contributed by atoms with Crippen LogP contribution in [0.3, 0.4) is 0 Å². The molecular weight excluding hydrogens is 691 g/mol. The van der Waals surface area contributed by atoms with E-state index in [9.17, 15) is 0 Å². The van der Waals surface area contributed by atoms with Crippen LogP contribution in [0, 0.1) is 13.8 Å². The predicted octanol–water partition coefficient (Wildman–Crippen LogP) is 15.2. The molecule has 0 amide bonds. The summed E-state index contributed by atoms with van der Waals surface area (Å²) in [6, 6.07) is 77.1. The Morgan fingerprint density at radius 1 is 0.316 bits per heavy atom. The molecule has 0 saturated carbocycles. The molecule has 1 aromatic heterocycles. The van der Waals surface area contributed by atoms with Crippen LogP contribution < -0.4 is 9.80 Å². The SMILES string of the molecule is Cc1ccc(N(c2ccccc2)c2ccc3cc4c5ccc(N(c6ccccc6)c6ccc(C)cc6)cc5n(-c5cccc(-c6ccccc6)c5)c4cc3c2)cc1. The number of aromatic nitrogens is 1. The van der Waals surface area contributed by atoms with Gasteiger partial charge in [-0.3, -0.25) is 0 Å². The van der Waals surface area contributed by atoms with Crippen LogP contribution in [-0.2, 0) is 0 Å². The summed E-state index contributed by atoms with van der Waals surface area (Å²) in [4.78, 5) is 4.70. The Hall–Kier alpha value is -7.36. The van der Waals surface area contributed by atoms with E-state index in [1.165, 1.54) is 49.3 Å². The van der Waals surface area contributed by atoms with Gasteiger partial charge in [0, 0.05) is 50.6 Å². The number of fused-ring (bicyclic) bond motifs is 4. The highest BCUT2D eigenvalue weighted by atomic mass is 15.1. The maximum Gasteiger partial charge on any atom is 0.0561 e. The van der Waals surface area contributed by atoms with E-state index in [1.54, 1.807) is 0 Å². The summed E-state index contributed by atoms with van der Waals surface area (Å²) in [5.74, 6) is 0. The molecule has 272 valence electrons. The monoisotopic (exact) mass is 731 g/mol. The summed E-state index contributed by atoms with van der Waals surface area (Å²) < 4.78 is 2.46. The van der Waals surface area contributed by atoms with Crippen LogP contribution in [0.4, 0.5) is 34.1 Å². The predicted molar refractivity (Wildman–Crippen MR) is 243 cm³/mol. The quantitative estimate of drug-likeness (QED) is 0.154. The summed E-state index contributed by atoms with van der Waals surface area (Å²) in [6.45, 7) is 4.27. The van der Waals surface area contributed by atoms with Crippen molar-refractivity contribution in [2.45, 2.75) is 13.8 Å². The average molecular weight is 732 g/mol. The third-order valence-corrected chi connectivity index (χ3v) is 11.0. The number of aryl methyl sites for hydroxylation is 2. The van der Waals surface area contributed by atoms with Crippen LogP contribution in [0.1, 0.15) is 11.1 Å². The lowest BCUT2D eigenvalue weighted by Gasteiger charge is -2.26. The molecule has 0 aliphatic heterocycles. The van der Waals surface area contributed by atoms with Crippen molar-refractivity contribution in [2.75, 3.05) is 9.80 Å². The molecule has 0 atom stereocenters. The molecule has 0 bridgehead atoms. The topological polar surface area (TPSA) is 11.4 Å². The Morgan fingerprint density at radius 2 is 0.807 bits per heavy atom. The normalized spacial score (nSPS) is 11.3. The van der Waals surface area contributed by atoms with Crippen LogP contribution in [0.5, 0.6) is 0 Å². The van der Waals surface area contributed by atoms with E-state index >= 15 is 0 Å². The van der Waals surface area contributed by atoms with Gasteiger partial charge in [-0.25, -0.2) is 0 Å². The first-order valence-electron chi connectivity index (χ1n) is 19.6. The minimum Gasteiger partial charge on any atom is -0.310 e. The van der Waals surface area contributed by atoms with Gasteiger partial charge in [0.15, 0.2) is 0 Å². The molecule has 10 aromatic rings. The van der Waals surface area contributed by atoms with Gasteiger partial charge in [-0.2, -0.15) is 0 Å². The molecule has 0 N–H and O–H groups in total. The summed E-state index contributed by atoms with van der Waals surface area (Å²) >= 11 is 0. The highest BCUT2D eigenvalue weighted by molar-refractivity contribution is 6.15. The molecule has 0 saturated heterocycles. The largest absolute Gasteiger partial charge is 0.310 e. The Bertz CT molecular complexity index is 3000. The number of anilines is 6. The number of nitrogens with zero attached hydrogens (tertiary/aromatic N) is 3. The van der Waals surface area contributed by atoms with Gasteiger partial charge in [-0.1, -0.05) is 126 Å². The van der Waals surface area contributed by atoms with Gasteiger partial charge in [0.1, 0.15) is 0 Å². The minimum atomic E-state index is 1.10. The molecule has 0 fully saturated rings. The van der Waals surface area contributed by atoms with Crippen molar-refractivity contribution >= 4 is 66.7 Å². The Labute approximate surface area is 333 Å². The van der Waals surface area contributed by atoms with Crippen LogP contribution >= 0.6 is 0 Å². The molecule has 9 aromatic carbocycles. The summed E-state index contributed by atoms with van der Waals surface area (Å²) in [5.41, 5.74) is 15.0. The second-order valence-electron chi connectivity index (χ2n) is 14.9. The molecule has 10 rings (SSSR count). The van der Waals surface area contributed by atoms with E-state index in [4.69, 9.17) is 0 Å². The zero-order valence-electron chi connectivity index (χ0n) is 32.0. The average Bonchev–Trinajstić information content (AvgIpc) is 3.58. The van der Waals surface area contributed by atoms with E-state index < -0.39 is 0 Å². The van der Waals surface area contributed by atoms with E-state index in [1.807, 2.05) is 0 Å². The molecular formula is C54H41N3. The third-order valence-electron chi connectivity index (χ3n) is 11.0. The highest BCUT2D eigenvalue weighted by Gasteiger charge is 2.20. The highest BCUT2D eigenvalue weighted by Crippen LogP contribution is 2.42. The van der Waals surface area contributed by atoms with Crippen molar-refractivity contribution in [3.05, 3.63) is 223 Å². The zero-order chi connectivity index (χ0) is 38.3. The lowest BCUT2D eigenvalue weighted by molar-refractivity contribution is 1.18. The first-order valence-corrected chi connectivity index (χ1v) is 19.6. The molecule has 0 aliphatic carbocycles. The molecule has 3 nitrogen and oxygen atoms in total. The van der Waals surface area contributed by atoms with Crippen LogP contribution in [-0.4, -0.2) is 4.57 Å². The van der Waals surface area contributed by atoms with Gasteiger partial charge in [0.05, 0.1) is 11.0 Å². The second kappa shape index (κ2) is 14.4.